The van der Waals surface area contributed by atoms with Gasteiger partial charge >= 0.3 is 5.97 Å². The van der Waals surface area contributed by atoms with Gasteiger partial charge in [-0.2, -0.15) is 5.26 Å². The monoisotopic (exact) mass is 282 g/mol. The van der Waals surface area contributed by atoms with Gasteiger partial charge in [0, 0.05) is 18.8 Å². The van der Waals surface area contributed by atoms with Crippen LogP contribution in [0, 0.1) is 11.3 Å². The summed E-state index contributed by atoms with van der Waals surface area (Å²) in [4.78, 5) is 13.0. The van der Waals surface area contributed by atoms with E-state index >= 15 is 0 Å². The van der Waals surface area contributed by atoms with Crippen LogP contribution in [0.4, 0.5) is 5.69 Å². The fourth-order valence-corrected chi connectivity index (χ4v) is 2.36. The Morgan fingerprint density at radius 2 is 1.86 bits per heavy atom. The highest BCUT2D eigenvalue weighted by Crippen LogP contribution is 2.20. The van der Waals surface area contributed by atoms with Gasteiger partial charge in [0.05, 0.1) is 0 Å². The van der Waals surface area contributed by atoms with Crippen LogP contribution in [0.15, 0.2) is 42.0 Å². The molecule has 108 valence electrons. The van der Waals surface area contributed by atoms with Crippen molar-refractivity contribution in [1.82, 2.24) is 0 Å². The van der Waals surface area contributed by atoms with Crippen molar-refractivity contribution in [1.29, 1.82) is 5.26 Å². The number of allylic oxidation sites excluding steroid dienone is 2. The second-order valence-electron chi connectivity index (χ2n) is 5.00. The Labute approximate surface area is 124 Å². The average Bonchev–Trinajstić information content (AvgIpc) is 2.53. The topological polar surface area (TPSA) is 64.3 Å². The predicted octanol–water partition coefficient (Wildman–Crippen LogP) is 3.22. The van der Waals surface area contributed by atoms with Gasteiger partial charge in [0.2, 0.25) is 0 Å². The SMILES string of the molecule is N#CC(=CC=Cc1ccc(N2CCCCC2)cc1)C(=O)O. The van der Waals surface area contributed by atoms with Crippen LogP contribution in [-0.4, -0.2) is 24.2 Å². The van der Waals surface area contributed by atoms with E-state index in [-0.39, 0.29) is 5.57 Å². The Hall–Kier alpha value is -2.54. The zero-order valence-corrected chi connectivity index (χ0v) is 11.8. The van der Waals surface area contributed by atoms with Gasteiger partial charge < -0.3 is 10.0 Å². The van der Waals surface area contributed by atoms with Gasteiger partial charge in [-0.3, -0.25) is 0 Å². The van der Waals surface area contributed by atoms with Crippen LogP contribution in [-0.2, 0) is 4.79 Å². The molecule has 21 heavy (non-hydrogen) atoms. The molecule has 0 aromatic heterocycles. The van der Waals surface area contributed by atoms with Crippen LogP contribution < -0.4 is 4.90 Å². The van der Waals surface area contributed by atoms with Crippen molar-refractivity contribution in [3.63, 3.8) is 0 Å². The van der Waals surface area contributed by atoms with E-state index in [1.807, 2.05) is 12.1 Å². The minimum absolute atomic E-state index is 0.267. The fourth-order valence-electron chi connectivity index (χ4n) is 2.36. The Morgan fingerprint density at radius 1 is 1.19 bits per heavy atom. The Bertz CT molecular complexity index is 588. The number of carboxylic acids is 1. The van der Waals surface area contributed by atoms with E-state index < -0.39 is 5.97 Å². The standard InChI is InChI=1S/C17H18N2O2/c18-13-15(17(20)21)6-4-5-14-7-9-16(10-8-14)19-11-2-1-3-12-19/h4-10H,1-3,11-12H2,(H,20,21). The number of nitriles is 1. The molecule has 1 saturated heterocycles. The van der Waals surface area contributed by atoms with E-state index in [0.717, 1.165) is 18.7 Å². The van der Waals surface area contributed by atoms with Crippen molar-refractivity contribution >= 4 is 17.7 Å². The number of aliphatic carboxylic acids is 1. The summed E-state index contributed by atoms with van der Waals surface area (Å²) in [5.74, 6) is -1.21. The van der Waals surface area contributed by atoms with E-state index in [2.05, 4.69) is 17.0 Å². The summed E-state index contributed by atoms with van der Waals surface area (Å²) in [6, 6.07) is 9.81. The molecule has 1 aliphatic heterocycles. The van der Waals surface area contributed by atoms with Gasteiger partial charge in [-0.15, -0.1) is 0 Å². The number of hydrogen-bond acceptors (Lipinski definition) is 3. The molecule has 0 radical (unpaired) electrons. The molecule has 0 amide bonds. The lowest BCUT2D eigenvalue weighted by molar-refractivity contribution is -0.132. The number of rotatable bonds is 4. The first kappa shape index (κ1) is 14.9. The summed E-state index contributed by atoms with van der Waals surface area (Å²) < 4.78 is 0. The molecule has 1 aliphatic rings. The molecular formula is C17H18N2O2. The molecular weight excluding hydrogens is 264 g/mol. The molecule has 0 spiro atoms. The summed E-state index contributed by atoms with van der Waals surface area (Å²) in [6.07, 6.45) is 8.50. The molecule has 1 aromatic rings. The number of carbonyl (C=O) groups is 1. The molecule has 0 atom stereocenters. The Balaban J connectivity index is 2.02. The lowest BCUT2D eigenvalue weighted by Crippen LogP contribution is -2.29. The lowest BCUT2D eigenvalue weighted by atomic mass is 10.1. The van der Waals surface area contributed by atoms with Crippen LogP contribution in [0.1, 0.15) is 24.8 Å². The molecule has 0 saturated carbocycles. The van der Waals surface area contributed by atoms with Gasteiger partial charge in [0.1, 0.15) is 11.6 Å². The number of benzene rings is 1. The zero-order valence-electron chi connectivity index (χ0n) is 11.8. The van der Waals surface area contributed by atoms with Gasteiger partial charge in [-0.25, -0.2) is 4.79 Å². The van der Waals surface area contributed by atoms with Crippen molar-refractivity contribution in [3.05, 3.63) is 47.6 Å². The normalized spacial score (nSPS) is 16.0. The highest BCUT2D eigenvalue weighted by atomic mass is 16.4. The summed E-state index contributed by atoms with van der Waals surface area (Å²) in [5.41, 5.74) is 1.94. The van der Waals surface area contributed by atoms with Crippen LogP contribution in [0.3, 0.4) is 0 Å². The quantitative estimate of drug-likeness (QED) is 0.523. The fraction of sp³-hybridized carbons (Fsp3) is 0.294. The van der Waals surface area contributed by atoms with Crippen LogP contribution >= 0.6 is 0 Å². The Morgan fingerprint density at radius 3 is 2.43 bits per heavy atom. The van der Waals surface area contributed by atoms with E-state index in [1.165, 1.54) is 31.0 Å². The molecule has 0 aliphatic carbocycles. The van der Waals surface area contributed by atoms with E-state index in [1.54, 1.807) is 18.2 Å². The lowest BCUT2D eigenvalue weighted by Gasteiger charge is -2.28. The van der Waals surface area contributed by atoms with E-state index in [0.29, 0.717) is 0 Å². The second kappa shape index (κ2) is 7.30. The van der Waals surface area contributed by atoms with Crippen LogP contribution in [0.5, 0.6) is 0 Å². The predicted molar refractivity (Wildman–Crippen MR) is 82.9 cm³/mol. The van der Waals surface area contributed by atoms with Gasteiger partial charge in [-0.05, 0) is 43.0 Å². The van der Waals surface area contributed by atoms with Crippen LogP contribution in [0.2, 0.25) is 0 Å². The molecule has 1 aromatic carbocycles. The van der Waals surface area contributed by atoms with E-state index in [4.69, 9.17) is 10.4 Å². The van der Waals surface area contributed by atoms with Crippen molar-refractivity contribution in [2.24, 2.45) is 0 Å². The van der Waals surface area contributed by atoms with Gasteiger partial charge in [0.25, 0.3) is 0 Å². The average molecular weight is 282 g/mol. The summed E-state index contributed by atoms with van der Waals surface area (Å²) >= 11 is 0. The smallest absolute Gasteiger partial charge is 0.346 e. The summed E-state index contributed by atoms with van der Waals surface area (Å²) in [5, 5.41) is 17.4. The number of anilines is 1. The molecule has 1 fully saturated rings. The minimum Gasteiger partial charge on any atom is -0.477 e. The third-order valence-corrected chi connectivity index (χ3v) is 3.52. The maximum atomic E-state index is 10.7. The molecule has 0 bridgehead atoms. The van der Waals surface area contributed by atoms with Crippen LogP contribution in [0.25, 0.3) is 6.08 Å². The van der Waals surface area contributed by atoms with E-state index in [9.17, 15) is 4.79 Å². The molecule has 4 heteroatoms. The van der Waals surface area contributed by atoms with Gasteiger partial charge in [-0.1, -0.05) is 24.3 Å². The summed E-state index contributed by atoms with van der Waals surface area (Å²) in [6.45, 7) is 2.23. The third kappa shape index (κ3) is 4.22. The first-order valence-corrected chi connectivity index (χ1v) is 7.07. The first-order chi connectivity index (χ1) is 10.2. The maximum Gasteiger partial charge on any atom is 0.346 e. The first-order valence-electron chi connectivity index (χ1n) is 7.07. The van der Waals surface area contributed by atoms with Gasteiger partial charge in [0.15, 0.2) is 0 Å². The summed E-state index contributed by atoms with van der Waals surface area (Å²) in [7, 11) is 0. The van der Waals surface area contributed by atoms with Crippen molar-refractivity contribution in [3.8, 4) is 6.07 Å². The number of nitrogens with zero attached hydrogens (tertiary/aromatic N) is 2. The molecule has 1 N–H and O–H groups in total. The highest BCUT2D eigenvalue weighted by Gasteiger charge is 2.10. The molecule has 2 rings (SSSR count). The number of carboxylic acid groups (broad SMARTS) is 1. The van der Waals surface area contributed by atoms with Crippen molar-refractivity contribution in [2.45, 2.75) is 19.3 Å². The number of hydrogen-bond donors (Lipinski definition) is 1. The highest BCUT2D eigenvalue weighted by molar-refractivity contribution is 5.91. The largest absolute Gasteiger partial charge is 0.477 e. The zero-order chi connectivity index (χ0) is 15.1. The number of piperidine rings is 1. The third-order valence-electron chi connectivity index (χ3n) is 3.52. The molecule has 0 unspecified atom stereocenters. The Kier molecular flexibility index (Phi) is 5.16. The second-order valence-corrected chi connectivity index (χ2v) is 5.00. The van der Waals surface area contributed by atoms with Crippen molar-refractivity contribution in [2.75, 3.05) is 18.0 Å². The molecule has 4 nitrogen and oxygen atoms in total. The minimum atomic E-state index is -1.21. The van der Waals surface area contributed by atoms with Crippen molar-refractivity contribution < 1.29 is 9.90 Å². The maximum absolute atomic E-state index is 10.7. The molecule has 1 heterocycles.